The molecule has 3 heterocycles. The molecule has 0 amide bonds. The second kappa shape index (κ2) is 9.42. The van der Waals surface area contributed by atoms with Gasteiger partial charge in [-0.2, -0.15) is 10.5 Å². The van der Waals surface area contributed by atoms with Crippen LogP contribution in [-0.2, 0) is 0 Å². The van der Waals surface area contributed by atoms with E-state index in [1.807, 2.05) is 26.0 Å². The summed E-state index contributed by atoms with van der Waals surface area (Å²) in [6.07, 6.45) is 3.44. The van der Waals surface area contributed by atoms with Gasteiger partial charge in [0.2, 0.25) is 0 Å². The molecule has 5 N–H and O–H groups in total. The molecule has 1 aliphatic heterocycles. The van der Waals surface area contributed by atoms with Gasteiger partial charge in [0.25, 0.3) is 0 Å². The lowest BCUT2D eigenvalue weighted by Gasteiger charge is -2.35. The van der Waals surface area contributed by atoms with Gasteiger partial charge in [0.05, 0.1) is 10.8 Å². The number of aliphatic imine (C=N–C) groups is 1. The van der Waals surface area contributed by atoms with Crippen LogP contribution in [0.2, 0.25) is 0 Å². The van der Waals surface area contributed by atoms with Crippen molar-refractivity contribution >= 4 is 60.5 Å². The van der Waals surface area contributed by atoms with E-state index in [1.165, 1.54) is 13.1 Å². The first kappa shape index (κ1) is 23.3. The number of nitrogens with zero attached hydrogens (tertiary/aromatic N) is 3. The number of rotatable bonds is 3. The summed E-state index contributed by atoms with van der Waals surface area (Å²) < 4.78 is 15.3. The number of nitrogens with one attached hydrogen (secondary N) is 1. The van der Waals surface area contributed by atoms with E-state index in [1.54, 1.807) is 24.5 Å². The summed E-state index contributed by atoms with van der Waals surface area (Å²) in [7, 11) is 1.25. The van der Waals surface area contributed by atoms with Crippen LogP contribution in [0, 0.1) is 5.82 Å². The van der Waals surface area contributed by atoms with Crippen molar-refractivity contribution in [2.45, 2.75) is 24.6 Å². The van der Waals surface area contributed by atoms with Gasteiger partial charge in [-0.05, 0) is 67.2 Å². The van der Waals surface area contributed by atoms with Crippen LogP contribution in [0.3, 0.4) is 0 Å². The number of amidine groups is 1. The molecule has 1 aromatic carbocycles. The minimum atomic E-state index is -0.347. The lowest BCUT2D eigenvalue weighted by molar-refractivity contribution is 0.593. The molecule has 9 heteroatoms. The highest BCUT2D eigenvalue weighted by Gasteiger charge is 2.33. The topological polar surface area (TPSA) is 102 Å². The molecule has 2 aromatic heterocycles. The SMILES string of the molecule is C=S1CC(c2cc(Nc3nccc4cc(Br)cnc34)ccc2F)N=C(N)C1(C)C.CN. The van der Waals surface area contributed by atoms with Crippen molar-refractivity contribution in [2.24, 2.45) is 16.5 Å². The van der Waals surface area contributed by atoms with E-state index in [2.05, 4.69) is 47.8 Å². The maximum absolute atomic E-state index is 14.6. The molecule has 0 radical (unpaired) electrons. The molecule has 0 spiro atoms. The third-order valence-corrected chi connectivity index (χ3v) is 7.98. The Balaban J connectivity index is 0.00000132. The minimum Gasteiger partial charge on any atom is -0.386 e. The average molecular weight is 505 g/mol. The number of anilines is 2. The number of halogens is 2. The predicted octanol–water partition coefficient (Wildman–Crippen LogP) is 4.74. The molecule has 1 aliphatic rings. The fourth-order valence-corrected chi connectivity index (χ4v) is 4.95. The Kier molecular flexibility index (Phi) is 7.08. The number of pyridine rings is 2. The summed E-state index contributed by atoms with van der Waals surface area (Å²) in [6.45, 7) is 4.06. The monoisotopic (exact) mass is 504 g/mol. The van der Waals surface area contributed by atoms with Crippen molar-refractivity contribution in [1.82, 2.24) is 9.97 Å². The van der Waals surface area contributed by atoms with Gasteiger partial charge in [-0.15, -0.1) is 0 Å². The summed E-state index contributed by atoms with van der Waals surface area (Å²) in [4.78, 5) is 13.4. The molecule has 2 unspecified atom stereocenters. The van der Waals surface area contributed by atoms with E-state index in [4.69, 9.17) is 5.73 Å². The van der Waals surface area contributed by atoms with Crippen LogP contribution >= 0.6 is 26.4 Å². The Morgan fingerprint density at radius 1 is 1.23 bits per heavy atom. The molecule has 164 valence electrons. The zero-order valence-electron chi connectivity index (χ0n) is 17.7. The van der Waals surface area contributed by atoms with E-state index in [-0.39, 0.29) is 27.1 Å². The van der Waals surface area contributed by atoms with Crippen LogP contribution in [0.5, 0.6) is 0 Å². The summed E-state index contributed by atoms with van der Waals surface area (Å²) in [5.74, 6) is 5.74. The third-order valence-electron chi connectivity index (χ3n) is 5.18. The molecule has 6 nitrogen and oxygen atoms in total. The number of aromatic nitrogens is 2. The average Bonchev–Trinajstić information content (AvgIpc) is 2.75. The van der Waals surface area contributed by atoms with Crippen molar-refractivity contribution in [3.05, 3.63) is 58.6 Å². The molecule has 0 saturated carbocycles. The Hall–Kier alpha value is -2.36. The largest absolute Gasteiger partial charge is 0.386 e. The predicted molar refractivity (Wildman–Crippen MR) is 135 cm³/mol. The van der Waals surface area contributed by atoms with Gasteiger partial charge in [0.1, 0.15) is 17.2 Å². The number of benzene rings is 1. The normalized spacial score (nSPS) is 19.9. The van der Waals surface area contributed by atoms with E-state index in [9.17, 15) is 4.39 Å². The first-order valence-corrected chi connectivity index (χ1v) is 12.0. The smallest absolute Gasteiger partial charge is 0.156 e. The molecule has 3 aromatic rings. The number of hydrogen-bond acceptors (Lipinski definition) is 6. The van der Waals surface area contributed by atoms with Crippen molar-refractivity contribution in [1.29, 1.82) is 0 Å². The molecule has 4 rings (SSSR count). The van der Waals surface area contributed by atoms with E-state index in [0.717, 1.165) is 15.4 Å². The van der Waals surface area contributed by atoms with E-state index >= 15 is 0 Å². The van der Waals surface area contributed by atoms with Crippen LogP contribution < -0.4 is 16.8 Å². The van der Waals surface area contributed by atoms with Gasteiger partial charge in [-0.3, -0.25) is 9.98 Å². The zero-order chi connectivity index (χ0) is 22.8. The van der Waals surface area contributed by atoms with Gasteiger partial charge in [0.15, 0.2) is 5.82 Å². The number of nitrogens with two attached hydrogens (primary N) is 2. The van der Waals surface area contributed by atoms with Crippen molar-refractivity contribution in [3.8, 4) is 0 Å². The second-order valence-corrected chi connectivity index (χ2v) is 10.7. The third kappa shape index (κ3) is 4.78. The molecule has 31 heavy (non-hydrogen) atoms. The highest BCUT2D eigenvalue weighted by Crippen LogP contribution is 2.41. The maximum atomic E-state index is 14.6. The van der Waals surface area contributed by atoms with Crippen LogP contribution in [-0.4, -0.2) is 39.2 Å². The Morgan fingerprint density at radius 3 is 2.68 bits per heavy atom. The maximum Gasteiger partial charge on any atom is 0.156 e. The second-order valence-electron chi connectivity index (χ2n) is 7.45. The highest BCUT2D eigenvalue weighted by atomic mass is 79.9. The molecule has 2 atom stereocenters. The molecule has 0 bridgehead atoms. The lowest BCUT2D eigenvalue weighted by atomic mass is 10.1. The van der Waals surface area contributed by atoms with Crippen molar-refractivity contribution in [2.75, 3.05) is 18.1 Å². The summed E-state index contributed by atoms with van der Waals surface area (Å²) in [6, 6.07) is 8.42. The fourth-order valence-electron chi connectivity index (χ4n) is 3.20. The van der Waals surface area contributed by atoms with Gasteiger partial charge >= 0.3 is 0 Å². The van der Waals surface area contributed by atoms with Gasteiger partial charge < -0.3 is 16.8 Å². The van der Waals surface area contributed by atoms with Crippen LogP contribution in [0.15, 0.2) is 52.2 Å². The van der Waals surface area contributed by atoms with Crippen molar-refractivity contribution < 1.29 is 4.39 Å². The lowest BCUT2D eigenvalue weighted by Crippen LogP contribution is -2.41. The molecule has 0 saturated heterocycles. The number of hydrogen-bond donors (Lipinski definition) is 3. The quantitative estimate of drug-likeness (QED) is 0.447. The summed E-state index contributed by atoms with van der Waals surface area (Å²) >= 11 is 3.43. The van der Waals surface area contributed by atoms with Crippen LogP contribution in [0.1, 0.15) is 25.5 Å². The first-order valence-electron chi connectivity index (χ1n) is 9.64. The van der Waals surface area contributed by atoms with Gasteiger partial charge in [-0.1, -0.05) is 5.87 Å². The standard InChI is InChI=1S/C21H21BrFN5S.CH5N/c1-21(2)20(24)28-17(11-29(21)3)15-9-14(4-5-16(15)23)27-19-18-12(6-7-25-19)8-13(22)10-26-18;1-2/h4-10,17H,3,11H2,1-2H3,(H2,24,28)(H,25,27);2H2,1H3. The molecular formula is C22H26BrFN6S. The Morgan fingerprint density at radius 2 is 1.97 bits per heavy atom. The van der Waals surface area contributed by atoms with Gasteiger partial charge in [-0.25, -0.2) is 9.37 Å². The molecule has 0 aliphatic carbocycles. The molecular weight excluding hydrogens is 479 g/mol. The number of fused-ring (bicyclic) bond motifs is 1. The van der Waals surface area contributed by atoms with E-state index < -0.39 is 0 Å². The van der Waals surface area contributed by atoms with Crippen LogP contribution in [0.25, 0.3) is 10.9 Å². The Bertz CT molecular complexity index is 1160. The van der Waals surface area contributed by atoms with Gasteiger partial charge in [0, 0.05) is 39.3 Å². The minimum absolute atomic E-state index is 0.255. The first-order chi connectivity index (χ1) is 14.8. The Labute approximate surface area is 192 Å². The molecule has 0 fully saturated rings. The van der Waals surface area contributed by atoms with E-state index in [0.29, 0.717) is 28.7 Å². The summed E-state index contributed by atoms with van der Waals surface area (Å²) in [5, 5.41) is 4.21. The van der Waals surface area contributed by atoms with Crippen molar-refractivity contribution in [3.63, 3.8) is 0 Å². The highest BCUT2D eigenvalue weighted by molar-refractivity contribution is 9.10. The van der Waals surface area contributed by atoms with Crippen LogP contribution in [0.4, 0.5) is 15.9 Å². The zero-order valence-corrected chi connectivity index (χ0v) is 20.1. The fraction of sp³-hybridized carbons (Fsp3) is 0.273. The summed E-state index contributed by atoms with van der Waals surface area (Å²) in [5.41, 5.74) is 12.6.